The lowest BCUT2D eigenvalue weighted by atomic mass is 9.96. The van der Waals surface area contributed by atoms with Crippen LogP contribution in [0.1, 0.15) is 21.6 Å². The predicted molar refractivity (Wildman–Crippen MR) is 86.8 cm³/mol. The fourth-order valence-corrected chi connectivity index (χ4v) is 2.38. The van der Waals surface area contributed by atoms with E-state index in [9.17, 15) is 27.5 Å². The Kier molecular flexibility index (Phi) is 4.78. The van der Waals surface area contributed by atoms with E-state index < -0.39 is 23.5 Å². The zero-order chi connectivity index (χ0) is 18.9. The van der Waals surface area contributed by atoms with Gasteiger partial charge in [-0.15, -0.1) is 0 Å². The van der Waals surface area contributed by atoms with E-state index in [1.165, 1.54) is 13.0 Å². The summed E-state index contributed by atoms with van der Waals surface area (Å²) in [5.41, 5.74) is -1.13. The number of nitrogens with zero attached hydrogens (tertiary/aromatic N) is 1. The lowest BCUT2D eigenvalue weighted by molar-refractivity contribution is -0.0877. The van der Waals surface area contributed by atoms with Crippen LogP contribution in [0, 0.1) is 12.7 Å². The highest BCUT2D eigenvalue weighted by Crippen LogP contribution is 2.32. The Labute approximate surface area is 140 Å². The number of carbonyl (C=O) groups is 1. The lowest BCUT2D eigenvalue weighted by Gasteiger charge is -2.14. The molecule has 1 aromatic carbocycles. The number of benzene rings is 1. The standard InChI is InChI=1S/C18H13F4NO2/c1-4-11(7-9(2)18(20,21)22)16-10(3)15(17(24)25)13-8-12(19)5-6-14(13)23-16/h4-8H,1-2H2,3H3,(H,24,25)/b11-7+. The molecule has 2 rings (SSSR count). The molecule has 0 aliphatic heterocycles. The molecule has 130 valence electrons. The zero-order valence-corrected chi connectivity index (χ0v) is 13.1. The predicted octanol–water partition coefficient (Wildman–Crippen LogP) is 5.07. The molecule has 0 aliphatic rings. The minimum Gasteiger partial charge on any atom is -0.478 e. The van der Waals surface area contributed by atoms with Crippen LogP contribution in [0.4, 0.5) is 17.6 Å². The Morgan fingerprint density at radius 2 is 1.96 bits per heavy atom. The molecule has 3 nitrogen and oxygen atoms in total. The van der Waals surface area contributed by atoms with Crippen molar-refractivity contribution in [2.24, 2.45) is 0 Å². The summed E-state index contributed by atoms with van der Waals surface area (Å²) in [5, 5.41) is 9.51. The molecule has 1 heterocycles. The first kappa shape index (κ1) is 18.4. The van der Waals surface area contributed by atoms with E-state index in [4.69, 9.17) is 0 Å². The van der Waals surface area contributed by atoms with Crippen LogP contribution in [-0.4, -0.2) is 22.2 Å². The maximum absolute atomic E-state index is 13.5. The Balaban J connectivity index is 2.81. The van der Waals surface area contributed by atoms with Crippen molar-refractivity contribution in [2.45, 2.75) is 13.1 Å². The second-order valence-corrected chi connectivity index (χ2v) is 5.25. The number of carboxylic acids is 1. The van der Waals surface area contributed by atoms with Crippen molar-refractivity contribution < 1.29 is 27.5 Å². The normalized spacial score (nSPS) is 12.3. The van der Waals surface area contributed by atoms with Gasteiger partial charge in [0.1, 0.15) is 5.82 Å². The average Bonchev–Trinajstić information content (AvgIpc) is 2.50. The summed E-state index contributed by atoms with van der Waals surface area (Å²) in [6.45, 7) is 7.81. The molecule has 7 heteroatoms. The van der Waals surface area contributed by atoms with Gasteiger partial charge in [-0.2, -0.15) is 13.2 Å². The number of rotatable bonds is 4. The van der Waals surface area contributed by atoms with Gasteiger partial charge in [0.2, 0.25) is 0 Å². The first-order valence-electron chi connectivity index (χ1n) is 7.00. The number of pyridine rings is 1. The van der Waals surface area contributed by atoms with Crippen molar-refractivity contribution in [3.05, 3.63) is 71.7 Å². The summed E-state index contributed by atoms with van der Waals surface area (Å²) in [6, 6.07) is 3.37. The van der Waals surface area contributed by atoms with Gasteiger partial charge in [0, 0.05) is 16.5 Å². The highest BCUT2D eigenvalue weighted by molar-refractivity contribution is 6.05. The molecule has 0 unspecified atom stereocenters. The van der Waals surface area contributed by atoms with Crippen molar-refractivity contribution in [3.63, 3.8) is 0 Å². The highest BCUT2D eigenvalue weighted by Gasteiger charge is 2.31. The molecule has 0 saturated carbocycles. The van der Waals surface area contributed by atoms with E-state index in [0.29, 0.717) is 0 Å². The van der Waals surface area contributed by atoms with Gasteiger partial charge in [-0.05, 0) is 36.8 Å². The van der Waals surface area contributed by atoms with Crippen molar-refractivity contribution in [2.75, 3.05) is 0 Å². The number of carboxylic acid groups (broad SMARTS) is 1. The second-order valence-electron chi connectivity index (χ2n) is 5.25. The highest BCUT2D eigenvalue weighted by atomic mass is 19.4. The molecule has 0 atom stereocenters. The van der Waals surface area contributed by atoms with Crippen LogP contribution < -0.4 is 0 Å². The van der Waals surface area contributed by atoms with E-state index in [0.717, 1.165) is 24.3 Å². The Morgan fingerprint density at radius 3 is 2.48 bits per heavy atom. The lowest BCUT2D eigenvalue weighted by Crippen LogP contribution is -2.10. The van der Waals surface area contributed by atoms with Crippen molar-refractivity contribution in [1.29, 1.82) is 0 Å². The number of fused-ring (bicyclic) bond motifs is 1. The van der Waals surface area contributed by atoms with Crippen LogP contribution in [0.5, 0.6) is 0 Å². The number of alkyl halides is 3. The van der Waals surface area contributed by atoms with Crippen LogP contribution >= 0.6 is 0 Å². The smallest absolute Gasteiger partial charge is 0.415 e. The monoisotopic (exact) mass is 351 g/mol. The fourth-order valence-electron chi connectivity index (χ4n) is 2.38. The van der Waals surface area contributed by atoms with Crippen molar-refractivity contribution in [1.82, 2.24) is 4.98 Å². The number of aromatic carboxylic acids is 1. The first-order valence-corrected chi connectivity index (χ1v) is 7.00. The molecular weight excluding hydrogens is 338 g/mol. The minimum absolute atomic E-state index is 0.0110. The zero-order valence-electron chi connectivity index (χ0n) is 13.1. The third kappa shape index (κ3) is 3.60. The third-order valence-corrected chi connectivity index (χ3v) is 3.59. The van der Waals surface area contributed by atoms with Gasteiger partial charge in [0.25, 0.3) is 0 Å². The van der Waals surface area contributed by atoms with E-state index in [1.54, 1.807) is 0 Å². The summed E-state index contributed by atoms with van der Waals surface area (Å²) in [5.74, 6) is -1.98. The number of aromatic nitrogens is 1. The van der Waals surface area contributed by atoms with Crippen molar-refractivity contribution >= 4 is 22.4 Å². The molecule has 1 aromatic heterocycles. The maximum Gasteiger partial charge on any atom is 0.415 e. The van der Waals surface area contributed by atoms with E-state index in [2.05, 4.69) is 18.1 Å². The second kappa shape index (κ2) is 6.51. The van der Waals surface area contributed by atoms with Crippen LogP contribution in [0.2, 0.25) is 0 Å². The molecule has 2 aromatic rings. The average molecular weight is 351 g/mol. The summed E-state index contributed by atoms with van der Waals surface area (Å²) >= 11 is 0. The van der Waals surface area contributed by atoms with E-state index >= 15 is 0 Å². The topological polar surface area (TPSA) is 50.2 Å². The van der Waals surface area contributed by atoms with Crippen LogP contribution in [-0.2, 0) is 0 Å². The first-order chi connectivity index (χ1) is 11.6. The SMILES string of the molecule is C=C/C(=C\C(=C)C(F)(F)F)c1nc2ccc(F)cc2c(C(=O)O)c1C. The Bertz CT molecular complexity index is 927. The van der Waals surface area contributed by atoms with Gasteiger partial charge < -0.3 is 5.11 Å². The van der Waals surface area contributed by atoms with E-state index in [1.807, 2.05) is 0 Å². The van der Waals surface area contributed by atoms with Crippen LogP contribution in [0.3, 0.4) is 0 Å². The maximum atomic E-state index is 13.5. The third-order valence-electron chi connectivity index (χ3n) is 3.59. The number of allylic oxidation sites excluding steroid dienone is 4. The number of hydrogen-bond acceptors (Lipinski definition) is 2. The summed E-state index contributed by atoms with van der Waals surface area (Å²) in [6.07, 6.45) is -2.77. The molecule has 0 radical (unpaired) electrons. The van der Waals surface area contributed by atoms with Crippen LogP contribution in [0.25, 0.3) is 16.5 Å². The number of hydrogen-bond donors (Lipinski definition) is 1. The fraction of sp³-hybridized carbons (Fsp3) is 0.111. The van der Waals surface area contributed by atoms with Gasteiger partial charge in [-0.1, -0.05) is 19.2 Å². The molecule has 0 bridgehead atoms. The Morgan fingerprint density at radius 1 is 1.32 bits per heavy atom. The van der Waals surface area contributed by atoms with Gasteiger partial charge >= 0.3 is 12.1 Å². The number of halogens is 4. The molecule has 25 heavy (non-hydrogen) atoms. The molecular formula is C18H13F4NO2. The molecule has 1 N–H and O–H groups in total. The van der Waals surface area contributed by atoms with Crippen LogP contribution in [0.15, 0.2) is 49.1 Å². The molecule has 0 spiro atoms. The molecule has 0 aliphatic carbocycles. The molecule has 0 saturated heterocycles. The van der Waals surface area contributed by atoms with E-state index in [-0.39, 0.29) is 33.3 Å². The largest absolute Gasteiger partial charge is 0.478 e. The summed E-state index contributed by atoms with van der Waals surface area (Å²) in [7, 11) is 0. The van der Waals surface area contributed by atoms with Gasteiger partial charge in [0.15, 0.2) is 0 Å². The van der Waals surface area contributed by atoms with Gasteiger partial charge in [-0.25, -0.2) is 14.2 Å². The Hall–Kier alpha value is -2.96. The quantitative estimate of drug-likeness (QED) is 0.618. The van der Waals surface area contributed by atoms with Gasteiger partial charge in [0.05, 0.1) is 16.8 Å². The van der Waals surface area contributed by atoms with Gasteiger partial charge in [-0.3, -0.25) is 0 Å². The molecule has 0 amide bonds. The minimum atomic E-state index is -4.64. The molecule has 0 fully saturated rings. The summed E-state index contributed by atoms with van der Waals surface area (Å²) in [4.78, 5) is 15.8. The van der Waals surface area contributed by atoms with Crippen molar-refractivity contribution in [3.8, 4) is 0 Å². The summed E-state index contributed by atoms with van der Waals surface area (Å²) < 4.78 is 51.7.